The van der Waals surface area contributed by atoms with Crippen LogP contribution in [0.4, 0.5) is 0 Å². The average molecular weight is 169 g/mol. The summed E-state index contributed by atoms with van der Waals surface area (Å²) in [6.45, 7) is 6.00. The minimum Gasteiger partial charge on any atom is -0.327 e. The van der Waals surface area contributed by atoms with Crippen LogP contribution in [0.2, 0.25) is 0 Å². The summed E-state index contributed by atoms with van der Waals surface area (Å²) in [6, 6.07) is 0.0251. The summed E-state index contributed by atoms with van der Waals surface area (Å²) >= 11 is 0. The molecule has 0 radical (unpaired) electrons. The topological polar surface area (TPSA) is 43.1 Å². The van der Waals surface area contributed by atoms with Crippen LogP contribution in [-0.2, 0) is 4.79 Å². The number of Topliss-reactive ketones (excluding diaryl/α,β-unsaturated/α-hetero) is 1. The highest BCUT2D eigenvalue weighted by molar-refractivity contribution is 5.87. The van der Waals surface area contributed by atoms with Gasteiger partial charge in [-0.05, 0) is 19.8 Å². The number of rotatable bonds is 1. The predicted octanol–water partition coefficient (Wildman–Crippen LogP) is 1.73. The summed E-state index contributed by atoms with van der Waals surface area (Å²) < 4.78 is 0. The van der Waals surface area contributed by atoms with Crippen molar-refractivity contribution in [3.05, 3.63) is 0 Å². The van der Waals surface area contributed by atoms with Crippen LogP contribution in [0.25, 0.3) is 0 Å². The smallest absolute Gasteiger partial charge is 0.143 e. The number of nitrogens with two attached hydrogens (primary N) is 1. The van der Waals surface area contributed by atoms with Gasteiger partial charge in [0.1, 0.15) is 5.78 Å². The fraction of sp³-hybridized carbons (Fsp3) is 0.900. The van der Waals surface area contributed by atoms with Crippen molar-refractivity contribution in [2.24, 2.45) is 17.1 Å². The van der Waals surface area contributed by atoms with Gasteiger partial charge in [0.05, 0.1) is 0 Å². The molecule has 2 N–H and O–H groups in total. The normalized spacial score (nSPS) is 31.7. The molecule has 1 aliphatic rings. The quantitative estimate of drug-likeness (QED) is 0.649. The Balaban J connectivity index is 2.73. The Kier molecular flexibility index (Phi) is 2.57. The van der Waals surface area contributed by atoms with Crippen molar-refractivity contribution in [2.75, 3.05) is 0 Å². The van der Waals surface area contributed by atoms with E-state index < -0.39 is 0 Å². The van der Waals surface area contributed by atoms with Crippen molar-refractivity contribution < 1.29 is 4.79 Å². The molecule has 2 nitrogen and oxygen atoms in total. The molecule has 1 saturated carbocycles. The molecule has 0 heterocycles. The van der Waals surface area contributed by atoms with Gasteiger partial charge in [-0.1, -0.05) is 20.3 Å². The second kappa shape index (κ2) is 3.17. The van der Waals surface area contributed by atoms with Gasteiger partial charge >= 0.3 is 0 Å². The Hall–Kier alpha value is -0.370. The Labute approximate surface area is 74.5 Å². The molecule has 1 aliphatic carbocycles. The van der Waals surface area contributed by atoms with Gasteiger partial charge in [-0.3, -0.25) is 4.79 Å². The fourth-order valence-corrected chi connectivity index (χ4v) is 2.02. The van der Waals surface area contributed by atoms with Gasteiger partial charge in [0.25, 0.3) is 0 Å². The summed E-state index contributed by atoms with van der Waals surface area (Å²) in [4.78, 5) is 11.8. The fourth-order valence-electron chi connectivity index (χ4n) is 2.02. The van der Waals surface area contributed by atoms with Crippen LogP contribution in [0.1, 0.15) is 40.0 Å². The third-order valence-electron chi connectivity index (χ3n) is 2.96. The van der Waals surface area contributed by atoms with E-state index >= 15 is 0 Å². The van der Waals surface area contributed by atoms with Crippen molar-refractivity contribution in [1.29, 1.82) is 0 Å². The zero-order valence-corrected chi connectivity index (χ0v) is 8.26. The summed E-state index contributed by atoms with van der Waals surface area (Å²) in [5.41, 5.74) is 5.63. The van der Waals surface area contributed by atoms with Crippen LogP contribution in [0.5, 0.6) is 0 Å². The van der Waals surface area contributed by atoms with Crippen molar-refractivity contribution in [3.8, 4) is 0 Å². The highest BCUT2D eigenvalue weighted by atomic mass is 16.1. The third kappa shape index (κ3) is 1.69. The first-order valence-corrected chi connectivity index (χ1v) is 4.75. The highest BCUT2D eigenvalue weighted by Gasteiger charge is 2.38. The lowest BCUT2D eigenvalue weighted by molar-refractivity contribution is -0.134. The van der Waals surface area contributed by atoms with Crippen molar-refractivity contribution >= 4 is 5.78 Å². The Morgan fingerprint density at radius 2 is 2.17 bits per heavy atom. The van der Waals surface area contributed by atoms with E-state index in [1.54, 1.807) is 0 Å². The van der Waals surface area contributed by atoms with Crippen LogP contribution in [-0.4, -0.2) is 11.8 Å². The molecule has 0 aromatic rings. The molecule has 0 spiro atoms. The number of hydrogen-bond donors (Lipinski definition) is 1. The molecule has 2 unspecified atom stereocenters. The molecular formula is C10H19NO. The molecule has 2 heteroatoms. The molecule has 0 saturated heterocycles. The second-order valence-corrected chi connectivity index (χ2v) is 4.61. The van der Waals surface area contributed by atoms with E-state index in [1.807, 2.05) is 20.8 Å². The van der Waals surface area contributed by atoms with Crippen LogP contribution < -0.4 is 5.73 Å². The van der Waals surface area contributed by atoms with Crippen molar-refractivity contribution in [2.45, 2.75) is 46.1 Å². The maximum atomic E-state index is 11.8. The van der Waals surface area contributed by atoms with E-state index in [4.69, 9.17) is 5.73 Å². The monoisotopic (exact) mass is 169 g/mol. The maximum absolute atomic E-state index is 11.8. The van der Waals surface area contributed by atoms with Gasteiger partial charge in [-0.15, -0.1) is 0 Å². The molecular weight excluding hydrogens is 150 g/mol. The van der Waals surface area contributed by atoms with E-state index in [0.29, 0.717) is 5.78 Å². The molecule has 2 atom stereocenters. The molecule has 1 rings (SSSR count). The van der Waals surface area contributed by atoms with Gasteiger partial charge in [0.15, 0.2) is 0 Å². The summed E-state index contributed by atoms with van der Waals surface area (Å²) in [5.74, 6) is 0.470. The Morgan fingerprint density at radius 1 is 1.58 bits per heavy atom. The standard InChI is InChI=1S/C10H19NO/c1-7(11)8-5-4-6-10(2,3)9(8)12/h7-8H,4-6,11H2,1-3H3. The minimum absolute atomic E-state index is 0.0251. The maximum Gasteiger partial charge on any atom is 0.143 e. The van der Waals surface area contributed by atoms with E-state index in [1.165, 1.54) is 0 Å². The molecule has 0 amide bonds. The summed E-state index contributed by atoms with van der Waals surface area (Å²) in [5, 5.41) is 0. The molecule has 0 aromatic carbocycles. The van der Waals surface area contributed by atoms with E-state index in [9.17, 15) is 4.79 Å². The predicted molar refractivity (Wildman–Crippen MR) is 49.8 cm³/mol. The zero-order valence-electron chi connectivity index (χ0n) is 8.26. The van der Waals surface area contributed by atoms with Crippen LogP contribution in [0.15, 0.2) is 0 Å². The second-order valence-electron chi connectivity index (χ2n) is 4.61. The SMILES string of the molecule is CC(N)C1CCCC(C)(C)C1=O. The first kappa shape index (κ1) is 9.72. The number of ketones is 1. The number of carbonyl (C=O) groups excluding carboxylic acids is 1. The minimum atomic E-state index is -0.128. The van der Waals surface area contributed by atoms with Gasteiger partial charge in [0.2, 0.25) is 0 Å². The first-order chi connectivity index (χ1) is 5.45. The Morgan fingerprint density at radius 3 is 2.58 bits per heavy atom. The summed E-state index contributed by atoms with van der Waals surface area (Å²) in [7, 11) is 0. The van der Waals surface area contributed by atoms with Gasteiger partial charge < -0.3 is 5.73 Å². The molecule has 0 aromatic heterocycles. The van der Waals surface area contributed by atoms with Gasteiger partial charge in [0, 0.05) is 17.4 Å². The third-order valence-corrected chi connectivity index (χ3v) is 2.96. The van der Waals surface area contributed by atoms with Crippen molar-refractivity contribution in [3.63, 3.8) is 0 Å². The average Bonchev–Trinajstić information content (AvgIpc) is 1.94. The van der Waals surface area contributed by atoms with E-state index in [-0.39, 0.29) is 17.4 Å². The number of carbonyl (C=O) groups is 1. The molecule has 1 fully saturated rings. The lowest BCUT2D eigenvalue weighted by atomic mass is 9.69. The van der Waals surface area contributed by atoms with Crippen molar-refractivity contribution in [1.82, 2.24) is 0 Å². The molecule has 12 heavy (non-hydrogen) atoms. The Bertz CT molecular complexity index is 184. The largest absolute Gasteiger partial charge is 0.327 e. The van der Waals surface area contributed by atoms with E-state index in [2.05, 4.69) is 0 Å². The first-order valence-electron chi connectivity index (χ1n) is 4.75. The van der Waals surface area contributed by atoms with Gasteiger partial charge in [-0.2, -0.15) is 0 Å². The summed E-state index contributed by atoms with van der Waals surface area (Å²) in [6.07, 6.45) is 3.15. The zero-order chi connectivity index (χ0) is 9.35. The van der Waals surface area contributed by atoms with E-state index in [0.717, 1.165) is 19.3 Å². The van der Waals surface area contributed by atoms with Crippen LogP contribution >= 0.6 is 0 Å². The lowest BCUT2D eigenvalue weighted by Crippen LogP contribution is -2.43. The molecule has 0 aliphatic heterocycles. The molecule has 70 valence electrons. The lowest BCUT2D eigenvalue weighted by Gasteiger charge is -2.35. The van der Waals surface area contributed by atoms with Crippen LogP contribution in [0.3, 0.4) is 0 Å². The van der Waals surface area contributed by atoms with Crippen LogP contribution in [0, 0.1) is 11.3 Å². The molecule has 0 bridgehead atoms. The number of hydrogen-bond acceptors (Lipinski definition) is 2. The van der Waals surface area contributed by atoms with Gasteiger partial charge in [-0.25, -0.2) is 0 Å². The highest BCUT2D eigenvalue weighted by Crippen LogP contribution is 2.36.